The molecular weight excluding hydrogens is 482 g/mol. The van der Waals surface area contributed by atoms with Gasteiger partial charge in [-0.1, -0.05) is 18.6 Å². The van der Waals surface area contributed by atoms with Gasteiger partial charge in [0.1, 0.15) is 17.5 Å². The van der Waals surface area contributed by atoms with Crippen molar-refractivity contribution in [3.63, 3.8) is 0 Å². The summed E-state index contributed by atoms with van der Waals surface area (Å²) in [6.07, 6.45) is 6.60. The second-order valence-corrected chi connectivity index (χ2v) is 7.32. The first-order valence-corrected chi connectivity index (χ1v) is 10.3. The highest BCUT2D eigenvalue weighted by Gasteiger charge is 2.14. The molecule has 0 amide bonds. The van der Waals surface area contributed by atoms with Crippen LogP contribution in [0.1, 0.15) is 49.8 Å². The lowest BCUT2D eigenvalue weighted by atomic mass is 10.2. The number of guanidine groups is 1. The second-order valence-electron chi connectivity index (χ2n) is 7.32. The van der Waals surface area contributed by atoms with E-state index in [0.717, 1.165) is 62.1 Å². The largest absolute Gasteiger partial charge is 0.357 e. The molecule has 0 atom stereocenters. The van der Waals surface area contributed by atoms with Crippen LogP contribution >= 0.6 is 24.0 Å². The fourth-order valence-electron chi connectivity index (χ4n) is 3.56. The normalized spacial score (nSPS) is 14.0. The molecule has 1 aromatic carbocycles. The van der Waals surface area contributed by atoms with E-state index in [0.29, 0.717) is 6.54 Å². The standard InChI is InChI=1S/C21H31FN6.HI/c1-3-23-21(27(2)16-17-10-12-18(22)13-11-17)24-14-7-9-20-26-25-19-8-5-4-6-15-28(19)20;/h10-13H,3-9,14-16H2,1-2H3,(H,23,24);1H. The summed E-state index contributed by atoms with van der Waals surface area (Å²) in [5, 5.41) is 12.1. The van der Waals surface area contributed by atoms with Crippen LogP contribution in [-0.2, 0) is 25.9 Å². The molecule has 0 saturated heterocycles. The van der Waals surface area contributed by atoms with E-state index in [1.165, 1.54) is 31.4 Å². The van der Waals surface area contributed by atoms with E-state index >= 15 is 0 Å². The first-order chi connectivity index (χ1) is 13.7. The van der Waals surface area contributed by atoms with Crippen LogP contribution in [0.5, 0.6) is 0 Å². The number of benzene rings is 1. The molecule has 1 aliphatic heterocycles. The van der Waals surface area contributed by atoms with Gasteiger partial charge in [-0.2, -0.15) is 0 Å². The number of nitrogens with zero attached hydrogens (tertiary/aromatic N) is 5. The van der Waals surface area contributed by atoms with Gasteiger partial charge in [0.05, 0.1) is 0 Å². The summed E-state index contributed by atoms with van der Waals surface area (Å²) in [4.78, 5) is 6.83. The predicted octanol–water partition coefficient (Wildman–Crippen LogP) is 3.79. The highest BCUT2D eigenvalue weighted by molar-refractivity contribution is 14.0. The smallest absolute Gasteiger partial charge is 0.193 e. The van der Waals surface area contributed by atoms with Crippen molar-refractivity contribution in [2.75, 3.05) is 20.1 Å². The van der Waals surface area contributed by atoms with Crippen LogP contribution in [0.15, 0.2) is 29.3 Å². The molecule has 1 aliphatic rings. The zero-order valence-electron chi connectivity index (χ0n) is 17.4. The zero-order chi connectivity index (χ0) is 19.8. The van der Waals surface area contributed by atoms with Crippen LogP contribution in [0, 0.1) is 5.82 Å². The van der Waals surface area contributed by atoms with Crippen molar-refractivity contribution in [2.45, 2.75) is 58.5 Å². The van der Waals surface area contributed by atoms with Gasteiger partial charge >= 0.3 is 0 Å². The number of rotatable bonds is 7. The lowest BCUT2D eigenvalue weighted by molar-refractivity contribution is 0.475. The Balaban J connectivity index is 0.00000300. The molecule has 8 heteroatoms. The summed E-state index contributed by atoms with van der Waals surface area (Å²) in [6.45, 7) is 5.34. The van der Waals surface area contributed by atoms with Gasteiger partial charge < -0.3 is 14.8 Å². The minimum atomic E-state index is -0.210. The Bertz CT molecular complexity index is 774. The third-order valence-electron chi connectivity index (χ3n) is 5.04. The van der Waals surface area contributed by atoms with Crippen LogP contribution in [0.25, 0.3) is 0 Å². The van der Waals surface area contributed by atoms with Crippen molar-refractivity contribution >= 4 is 29.9 Å². The molecule has 0 bridgehead atoms. The van der Waals surface area contributed by atoms with Crippen molar-refractivity contribution in [1.82, 2.24) is 25.0 Å². The fourth-order valence-corrected chi connectivity index (χ4v) is 3.56. The number of hydrogen-bond acceptors (Lipinski definition) is 3. The maximum atomic E-state index is 13.1. The van der Waals surface area contributed by atoms with Gasteiger partial charge in [-0.3, -0.25) is 4.99 Å². The Labute approximate surface area is 190 Å². The number of halogens is 2. The minimum Gasteiger partial charge on any atom is -0.357 e. The van der Waals surface area contributed by atoms with Gasteiger partial charge in [-0.15, -0.1) is 34.2 Å². The van der Waals surface area contributed by atoms with Gasteiger partial charge in [0.15, 0.2) is 5.96 Å². The number of nitrogens with one attached hydrogen (secondary N) is 1. The molecule has 0 radical (unpaired) electrons. The molecule has 0 saturated carbocycles. The van der Waals surface area contributed by atoms with Crippen molar-refractivity contribution in [1.29, 1.82) is 0 Å². The number of hydrogen-bond donors (Lipinski definition) is 1. The lowest BCUT2D eigenvalue weighted by Gasteiger charge is -2.22. The average Bonchev–Trinajstić information content (AvgIpc) is 2.92. The zero-order valence-corrected chi connectivity index (χ0v) is 19.7. The molecule has 3 rings (SSSR count). The minimum absolute atomic E-state index is 0. The average molecular weight is 514 g/mol. The SMILES string of the molecule is CCNC(=NCCCc1nnc2n1CCCCC2)N(C)Cc1ccc(F)cc1.I. The van der Waals surface area contributed by atoms with Crippen LogP contribution < -0.4 is 5.32 Å². The monoisotopic (exact) mass is 514 g/mol. The Morgan fingerprint density at radius 1 is 1.21 bits per heavy atom. The molecule has 29 heavy (non-hydrogen) atoms. The Kier molecular flexibility index (Phi) is 9.83. The van der Waals surface area contributed by atoms with Crippen molar-refractivity contribution in [3.8, 4) is 0 Å². The van der Waals surface area contributed by atoms with E-state index < -0.39 is 0 Å². The third-order valence-corrected chi connectivity index (χ3v) is 5.04. The molecule has 1 aromatic heterocycles. The van der Waals surface area contributed by atoms with Crippen LogP contribution in [0.2, 0.25) is 0 Å². The summed E-state index contributed by atoms with van der Waals surface area (Å²) < 4.78 is 15.4. The number of aryl methyl sites for hydroxylation is 2. The van der Waals surface area contributed by atoms with Gasteiger partial charge in [-0.25, -0.2) is 4.39 Å². The molecule has 0 aliphatic carbocycles. The van der Waals surface area contributed by atoms with Crippen molar-refractivity contribution in [3.05, 3.63) is 47.3 Å². The first-order valence-electron chi connectivity index (χ1n) is 10.3. The number of aliphatic imine (C=N–C) groups is 1. The third kappa shape index (κ3) is 6.94. The summed E-state index contributed by atoms with van der Waals surface area (Å²) in [6, 6.07) is 6.61. The molecule has 2 heterocycles. The summed E-state index contributed by atoms with van der Waals surface area (Å²) >= 11 is 0. The van der Waals surface area contributed by atoms with Crippen LogP contribution in [0.3, 0.4) is 0 Å². The molecule has 160 valence electrons. The van der Waals surface area contributed by atoms with E-state index in [-0.39, 0.29) is 29.8 Å². The molecule has 2 aromatic rings. The number of fused-ring (bicyclic) bond motifs is 1. The Hall–Kier alpha value is -1.71. The topological polar surface area (TPSA) is 58.3 Å². The second kappa shape index (κ2) is 12.1. The van der Waals surface area contributed by atoms with E-state index in [1.807, 2.05) is 19.2 Å². The number of aromatic nitrogens is 3. The van der Waals surface area contributed by atoms with E-state index in [2.05, 4.69) is 31.9 Å². The first kappa shape index (κ1) is 23.6. The molecule has 0 fully saturated rings. The van der Waals surface area contributed by atoms with Crippen molar-refractivity contribution in [2.24, 2.45) is 4.99 Å². The summed E-state index contributed by atoms with van der Waals surface area (Å²) in [7, 11) is 2.00. The van der Waals surface area contributed by atoms with Gasteiger partial charge in [-0.05, 0) is 43.9 Å². The van der Waals surface area contributed by atoms with E-state index in [9.17, 15) is 4.39 Å². The van der Waals surface area contributed by atoms with Gasteiger partial charge in [0, 0.05) is 46.1 Å². The molecular formula is C21H32FIN6. The van der Waals surface area contributed by atoms with E-state index in [1.54, 1.807) is 0 Å². The lowest BCUT2D eigenvalue weighted by Crippen LogP contribution is -2.38. The highest BCUT2D eigenvalue weighted by Crippen LogP contribution is 2.15. The fraction of sp³-hybridized carbons (Fsp3) is 0.571. The maximum Gasteiger partial charge on any atom is 0.193 e. The maximum absolute atomic E-state index is 13.1. The van der Waals surface area contributed by atoms with Crippen molar-refractivity contribution < 1.29 is 4.39 Å². The Morgan fingerprint density at radius 3 is 2.76 bits per heavy atom. The molecule has 0 unspecified atom stereocenters. The van der Waals surface area contributed by atoms with Gasteiger partial charge in [0.25, 0.3) is 0 Å². The van der Waals surface area contributed by atoms with Crippen LogP contribution in [-0.4, -0.2) is 45.8 Å². The van der Waals surface area contributed by atoms with E-state index in [4.69, 9.17) is 4.99 Å². The molecule has 1 N–H and O–H groups in total. The Morgan fingerprint density at radius 2 is 2.00 bits per heavy atom. The highest BCUT2D eigenvalue weighted by atomic mass is 127. The quantitative estimate of drug-likeness (QED) is 0.265. The van der Waals surface area contributed by atoms with Crippen LogP contribution in [0.4, 0.5) is 4.39 Å². The molecule has 6 nitrogen and oxygen atoms in total. The summed E-state index contributed by atoms with van der Waals surface area (Å²) in [5.74, 6) is 2.89. The van der Waals surface area contributed by atoms with Gasteiger partial charge in [0.2, 0.25) is 0 Å². The summed E-state index contributed by atoms with van der Waals surface area (Å²) in [5.41, 5.74) is 1.06. The predicted molar refractivity (Wildman–Crippen MR) is 125 cm³/mol. The molecule has 0 spiro atoms.